The third-order valence-corrected chi connectivity index (χ3v) is 4.86. The van der Waals surface area contributed by atoms with Crippen LogP contribution in [0.4, 0.5) is 5.69 Å². The van der Waals surface area contributed by atoms with Gasteiger partial charge in [-0.1, -0.05) is 28.4 Å². The van der Waals surface area contributed by atoms with Crippen molar-refractivity contribution in [3.63, 3.8) is 0 Å². The van der Waals surface area contributed by atoms with Crippen LogP contribution in [0.15, 0.2) is 71.5 Å². The molecule has 0 unspecified atom stereocenters. The number of hydrogen-bond acceptors (Lipinski definition) is 6. The van der Waals surface area contributed by atoms with E-state index in [0.717, 1.165) is 5.56 Å². The summed E-state index contributed by atoms with van der Waals surface area (Å²) in [7, 11) is 0. The molecule has 1 atom stereocenters. The van der Waals surface area contributed by atoms with E-state index < -0.39 is 6.10 Å². The molecule has 0 aliphatic carbocycles. The summed E-state index contributed by atoms with van der Waals surface area (Å²) in [5.41, 5.74) is 1.90. The van der Waals surface area contributed by atoms with Gasteiger partial charge in [-0.25, -0.2) is 0 Å². The van der Waals surface area contributed by atoms with Gasteiger partial charge in [0.2, 0.25) is 5.82 Å². The highest BCUT2D eigenvalue weighted by molar-refractivity contribution is 6.35. The van der Waals surface area contributed by atoms with Gasteiger partial charge in [-0.2, -0.15) is 4.98 Å². The summed E-state index contributed by atoms with van der Waals surface area (Å²) in [6.45, 7) is 1.78. The average Bonchev–Trinajstić information content (AvgIpc) is 3.27. The van der Waals surface area contributed by atoms with Crippen LogP contribution in [0.5, 0.6) is 5.75 Å². The maximum absolute atomic E-state index is 12.2. The number of nitrogens with one attached hydrogen (secondary N) is 1. The van der Waals surface area contributed by atoms with Gasteiger partial charge in [0.15, 0.2) is 6.10 Å². The predicted octanol–water partition coefficient (Wildman–Crippen LogP) is 5.83. The summed E-state index contributed by atoms with van der Waals surface area (Å²) in [5, 5.41) is 7.74. The molecule has 9 heteroatoms. The number of ether oxygens (including phenoxy) is 1. The molecule has 2 heterocycles. The second kappa shape index (κ2) is 9.16. The van der Waals surface area contributed by atoms with Crippen molar-refractivity contribution in [3.8, 4) is 17.1 Å². The van der Waals surface area contributed by atoms with Crippen molar-refractivity contribution >= 4 is 34.8 Å². The SMILES string of the molecule is C[C@H](Oc1ccc(Cl)cc1Cl)c1nc(-c2ccc(NC(=O)c3ccncc3)cc2)no1. The number of rotatable bonds is 6. The van der Waals surface area contributed by atoms with Crippen molar-refractivity contribution in [1.82, 2.24) is 15.1 Å². The van der Waals surface area contributed by atoms with E-state index in [1.165, 1.54) is 0 Å². The summed E-state index contributed by atoms with van der Waals surface area (Å²) in [4.78, 5) is 20.5. The Morgan fingerprint density at radius 1 is 1.06 bits per heavy atom. The van der Waals surface area contributed by atoms with Gasteiger partial charge in [0.25, 0.3) is 11.8 Å². The molecule has 0 saturated carbocycles. The monoisotopic (exact) mass is 454 g/mol. The Morgan fingerprint density at radius 2 is 1.81 bits per heavy atom. The first kappa shape index (κ1) is 20.8. The lowest BCUT2D eigenvalue weighted by Gasteiger charge is -2.12. The maximum Gasteiger partial charge on any atom is 0.267 e. The normalized spacial score (nSPS) is 11.7. The molecule has 31 heavy (non-hydrogen) atoms. The molecule has 4 rings (SSSR count). The highest BCUT2D eigenvalue weighted by Gasteiger charge is 2.18. The minimum atomic E-state index is -0.515. The fraction of sp³-hybridized carbons (Fsp3) is 0.0909. The van der Waals surface area contributed by atoms with Crippen molar-refractivity contribution in [2.75, 3.05) is 5.32 Å². The first-order chi connectivity index (χ1) is 15.0. The van der Waals surface area contributed by atoms with E-state index >= 15 is 0 Å². The number of nitrogens with zero attached hydrogens (tertiary/aromatic N) is 3. The van der Waals surface area contributed by atoms with Gasteiger partial charge < -0.3 is 14.6 Å². The van der Waals surface area contributed by atoms with Gasteiger partial charge in [0, 0.05) is 34.2 Å². The quantitative estimate of drug-likeness (QED) is 0.394. The van der Waals surface area contributed by atoms with Gasteiger partial charge in [-0.15, -0.1) is 0 Å². The van der Waals surface area contributed by atoms with Crippen LogP contribution in [0.2, 0.25) is 10.0 Å². The molecule has 2 aromatic heterocycles. The van der Waals surface area contributed by atoms with E-state index in [9.17, 15) is 4.79 Å². The van der Waals surface area contributed by atoms with E-state index in [2.05, 4.69) is 20.4 Å². The zero-order valence-electron chi connectivity index (χ0n) is 16.3. The third-order valence-electron chi connectivity index (χ3n) is 4.33. The number of aromatic nitrogens is 3. The molecule has 0 saturated heterocycles. The van der Waals surface area contributed by atoms with E-state index in [1.807, 2.05) is 0 Å². The molecular formula is C22H16Cl2N4O3. The predicted molar refractivity (Wildman–Crippen MR) is 117 cm³/mol. The highest BCUT2D eigenvalue weighted by Crippen LogP contribution is 2.31. The Labute approximate surface area is 188 Å². The van der Waals surface area contributed by atoms with Gasteiger partial charge in [-0.05, 0) is 61.5 Å². The molecule has 0 aliphatic heterocycles. The summed E-state index contributed by atoms with van der Waals surface area (Å²) < 4.78 is 11.1. The molecule has 156 valence electrons. The second-order valence-electron chi connectivity index (χ2n) is 6.56. The van der Waals surface area contributed by atoms with Crippen molar-refractivity contribution in [2.45, 2.75) is 13.0 Å². The van der Waals surface area contributed by atoms with Crippen LogP contribution < -0.4 is 10.1 Å². The Bertz CT molecular complexity index is 1200. The molecule has 1 amide bonds. The summed E-state index contributed by atoms with van der Waals surface area (Å²) in [6, 6.07) is 15.4. The lowest BCUT2D eigenvalue weighted by Crippen LogP contribution is -2.11. The number of anilines is 1. The van der Waals surface area contributed by atoms with Crippen LogP contribution >= 0.6 is 23.2 Å². The standard InChI is InChI=1S/C22H16Cl2N4O3/c1-13(30-19-7-4-16(23)12-18(19)24)22-27-20(28-31-22)14-2-5-17(6-3-14)26-21(29)15-8-10-25-11-9-15/h2-13H,1H3,(H,26,29)/t13-/m0/s1. The second-order valence-corrected chi connectivity index (χ2v) is 7.40. The largest absolute Gasteiger partial charge is 0.479 e. The van der Waals surface area contributed by atoms with Gasteiger partial charge in [0.1, 0.15) is 5.75 Å². The molecule has 4 aromatic rings. The zero-order valence-corrected chi connectivity index (χ0v) is 17.8. The molecule has 0 aliphatic rings. The number of hydrogen-bond donors (Lipinski definition) is 1. The highest BCUT2D eigenvalue weighted by atomic mass is 35.5. The number of carbonyl (C=O) groups is 1. The molecule has 0 radical (unpaired) electrons. The van der Waals surface area contributed by atoms with Crippen molar-refractivity contribution in [2.24, 2.45) is 0 Å². The first-order valence-electron chi connectivity index (χ1n) is 9.27. The molecule has 0 spiro atoms. The van der Waals surface area contributed by atoms with Crippen molar-refractivity contribution in [3.05, 3.63) is 88.5 Å². The number of pyridine rings is 1. The molecule has 0 bridgehead atoms. The zero-order chi connectivity index (χ0) is 21.8. The molecule has 0 fully saturated rings. The van der Waals surface area contributed by atoms with Gasteiger partial charge >= 0.3 is 0 Å². The number of carbonyl (C=O) groups excluding carboxylic acids is 1. The summed E-state index contributed by atoms with van der Waals surface area (Å²) >= 11 is 12.0. The number of halogens is 2. The van der Waals surface area contributed by atoms with E-state index in [1.54, 1.807) is 73.9 Å². The molecule has 2 aromatic carbocycles. The lowest BCUT2D eigenvalue weighted by molar-refractivity contribution is 0.102. The van der Waals surface area contributed by atoms with Crippen LogP contribution in [0.3, 0.4) is 0 Å². The fourth-order valence-corrected chi connectivity index (χ4v) is 3.19. The maximum atomic E-state index is 12.2. The molecule has 1 N–H and O–H groups in total. The summed E-state index contributed by atoms with van der Waals surface area (Å²) in [6.07, 6.45) is 2.62. The first-order valence-corrected chi connectivity index (χ1v) is 10.0. The van der Waals surface area contributed by atoms with E-state index in [-0.39, 0.29) is 5.91 Å². The van der Waals surface area contributed by atoms with Crippen LogP contribution in [0, 0.1) is 0 Å². The van der Waals surface area contributed by atoms with E-state index in [4.69, 9.17) is 32.5 Å². The van der Waals surface area contributed by atoms with Crippen molar-refractivity contribution < 1.29 is 14.1 Å². The van der Waals surface area contributed by atoms with Crippen molar-refractivity contribution in [1.29, 1.82) is 0 Å². The molecular weight excluding hydrogens is 439 g/mol. The van der Waals surface area contributed by atoms with Gasteiger partial charge in [-0.3, -0.25) is 9.78 Å². The Hall–Kier alpha value is -3.42. The average molecular weight is 455 g/mol. The topological polar surface area (TPSA) is 90.1 Å². The Kier molecular flexibility index (Phi) is 6.16. The van der Waals surface area contributed by atoms with Crippen LogP contribution in [0.25, 0.3) is 11.4 Å². The Morgan fingerprint density at radius 3 is 2.52 bits per heavy atom. The number of amides is 1. The van der Waals surface area contributed by atoms with Gasteiger partial charge in [0.05, 0.1) is 5.02 Å². The summed E-state index contributed by atoms with van der Waals surface area (Å²) in [5.74, 6) is 0.951. The number of benzene rings is 2. The van der Waals surface area contributed by atoms with E-state index in [0.29, 0.717) is 38.8 Å². The van der Waals surface area contributed by atoms with Crippen LogP contribution in [-0.4, -0.2) is 21.0 Å². The third kappa shape index (κ3) is 5.02. The van der Waals surface area contributed by atoms with Crippen LogP contribution in [-0.2, 0) is 0 Å². The van der Waals surface area contributed by atoms with Crippen LogP contribution in [0.1, 0.15) is 29.3 Å². The smallest absolute Gasteiger partial charge is 0.267 e. The minimum absolute atomic E-state index is 0.219. The Balaban J connectivity index is 1.43. The molecule has 7 nitrogen and oxygen atoms in total. The minimum Gasteiger partial charge on any atom is -0.479 e. The fourth-order valence-electron chi connectivity index (χ4n) is 2.74. The lowest BCUT2D eigenvalue weighted by atomic mass is 10.2.